The van der Waals surface area contributed by atoms with Gasteiger partial charge in [-0.05, 0) is 11.8 Å². The Bertz CT molecular complexity index is 173. The summed E-state index contributed by atoms with van der Waals surface area (Å²) >= 11 is 0. The fourth-order valence-corrected chi connectivity index (χ4v) is 1.75. The van der Waals surface area contributed by atoms with Gasteiger partial charge in [0.05, 0.1) is 0 Å². The van der Waals surface area contributed by atoms with E-state index in [9.17, 15) is 4.57 Å². The van der Waals surface area contributed by atoms with Crippen molar-refractivity contribution in [3.63, 3.8) is 0 Å². The molecule has 0 fully saturated rings. The third kappa shape index (κ3) is 4.74. The van der Waals surface area contributed by atoms with E-state index in [1.54, 1.807) is 0 Å². The maximum absolute atomic E-state index is 10.5. The molecular formula is C9H19O2P. The van der Waals surface area contributed by atoms with Crippen molar-refractivity contribution in [2.45, 2.75) is 27.7 Å². The van der Waals surface area contributed by atoms with Crippen molar-refractivity contribution in [3.8, 4) is 0 Å². The molecule has 0 aromatic carbocycles. The fourth-order valence-electron chi connectivity index (χ4n) is 1.34. The van der Waals surface area contributed by atoms with Crippen LogP contribution in [0.4, 0.5) is 0 Å². The monoisotopic (exact) mass is 190 g/mol. The summed E-state index contributed by atoms with van der Waals surface area (Å²) in [6.45, 7) is 8.45. The summed E-state index contributed by atoms with van der Waals surface area (Å²) in [7, 11) is -2.32. The maximum Gasteiger partial charge on any atom is 0.192 e. The van der Waals surface area contributed by atoms with Gasteiger partial charge in [-0.3, -0.25) is 4.57 Å². The molecule has 1 N–H and O–H groups in total. The predicted octanol–water partition coefficient (Wildman–Crippen LogP) is 2.69. The molecule has 0 saturated carbocycles. The van der Waals surface area contributed by atoms with E-state index in [4.69, 9.17) is 4.89 Å². The Hall–Kier alpha value is -0.0700. The molecule has 0 aliphatic rings. The van der Waals surface area contributed by atoms with E-state index in [0.717, 1.165) is 0 Å². The van der Waals surface area contributed by atoms with Gasteiger partial charge >= 0.3 is 0 Å². The Morgan fingerprint density at radius 1 is 1.33 bits per heavy atom. The molecule has 1 atom stereocenters. The zero-order valence-electron chi connectivity index (χ0n) is 8.29. The third-order valence-corrected chi connectivity index (χ3v) is 2.40. The van der Waals surface area contributed by atoms with Gasteiger partial charge in [-0.25, -0.2) is 0 Å². The second-order valence-electron chi connectivity index (χ2n) is 3.61. The molecule has 12 heavy (non-hydrogen) atoms. The van der Waals surface area contributed by atoms with Crippen LogP contribution in [-0.2, 0) is 4.57 Å². The summed E-state index contributed by atoms with van der Waals surface area (Å²) in [5, 5.41) is 0. The first kappa shape index (κ1) is 11.9. The lowest BCUT2D eigenvalue weighted by Crippen LogP contribution is -2.02. The average Bonchev–Trinajstić information content (AvgIpc) is 1.84. The smallest absolute Gasteiger partial charge is 0.192 e. The van der Waals surface area contributed by atoms with Gasteiger partial charge in [0.1, 0.15) is 0 Å². The Labute approximate surface area is 75.6 Å². The number of allylic oxidation sites excluding steroid dienone is 2. The highest BCUT2D eigenvalue weighted by molar-refractivity contribution is 7.38. The molecule has 0 bridgehead atoms. The summed E-state index contributed by atoms with van der Waals surface area (Å²) in [5.74, 6) is 0.956. The Morgan fingerprint density at radius 2 is 1.75 bits per heavy atom. The number of hydrogen-bond donors (Lipinski definition) is 1. The molecule has 0 rings (SSSR count). The summed E-state index contributed by atoms with van der Waals surface area (Å²) < 4.78 is 10.5. The van der Waals surface area contributed by atoms with Gasteiger partial charge in [-0.2, -0.15) is 0 Å². The predicted molar refractivity (Wildman–Crippen MR) is 53.8 cm³/mol. The van der Waals surface area contributed by atoms with Crippen molar-refractivity contribution < 1.29 is 9.46 Å². The van der Waals surface area contributed by atoms with Crippen molar-refractivity contribution in [2.75, 3.05) is 6.16 Å². The van der Waals surface area contributed by atoms with Crippen LogP contribution < -0.4 is 0 Å². The molecule has 3 heteroatoms. The van der Waals surface area contributed by atoms with Crippen LogP contribution in [0.5, 0.6) is 0 Å². The van der Waals surface area contributed by atoms with Gasteiger partial charge in [-0.15, -0.1) is 0 Å². The minimum atomic E-state index is -2.32. The van der Waals surface area contributed by atoms with Crippen molar-refractivity contribution in [3.05, 3.63) is 11.6 Å². The highest BCUT2D eigenvalue weighted by Gasteiger charge is 2.07. The largest absolute Gasteiger partial charge is 0.346 e. The second kappa shape index (κ2) is 5.55. The highest BCUT2D eigenvalue weighted by Crippen LogP contribution is 2.22. The topological polar surface area (TPSA) is 37.3 Å². The Kier molecular flexibility index (Phi) is 5.52. The maximum atomic E-state index is 10.5. The minimum absolute atomic E-state index is 0.330. The lowest BCUT2D eigenvalue weighted by atomic mass is 9.93. The van der Waals surface area contributed by atoms with E-state index >= 15 is 0 Å². The van der Waals surface area contributed by atoms with Gasteiger partial charge in [0, 0.05) is 6.16 Å². The molecule has 0 aromatic rings. The zero-order chi connectivity index (χ0) is 9.72. The highest BCUT2D eigenvalue weighted by atomic mass is 31.1. The molecular weight excluding hydrogens is 171 g/mol. The fraction of sp³-hybridized carbons (Fsp3) is 0.778. The van der Waals surface area contributed by atoms with Crippen molar-refractivity contribution in [1.29, 1.82) is 0 Å². The molecule has 0 spiro atoms. The van der Waals surface area contributed by atoms with Crippen LogP contribution in [0.3, 0.4) is 0 Å². The normalized spacial score (nSPS) is 13.6. The average molecular weight is 190 g/mol. The van der Waals surface area contributed by atoms with E-state index in [2.05, 4.69) is 27.7 Å². The molecule has 0 aliphatic heterocycles. The van der Waals surface area contributed by atoms with Gasteiger partial charge in [0.25, 0.3) is 0 Å². The lowest BCUT2D eigenvalue weighted by molar-refractivity contribution is 0.505. The first-order chi connectivity index (χ1) is 5.45. The molecule has 0 radical (unpaired) electrons. The number of hydrogen-bond acceptors (Lipinski definition) is 1. The van der Waals surface area contributed by atoms with Crippen LogP contribution in [-0.4, -0.2) is 11.1 Å². The Morgan fingerprint density at radius 3 is 2.00 bits per heavy atom. The first-order valence-corrected chi connectivity index (χ1v) is 5.93. The summed E-state index contributed by atoms with van der Waals surface area (Å²) in [6, 6.07) is 0. The number of rotatable bonds is 4. The first-order valence-electron chi connectivity index (χ1n) is 4.36. The van der Waals surface area contributed by atoms with Crippen LogP contribution in [0.1, 0.15) is 27.7 Å². The molecule has 0 heterocycles. The Balaban J connectivity index is 4.29. The van der Waals surface area contributed by atoms with Gasteiger partial charge in [-0.1, -0.05) is 39.3 Å². The van der Waals surface area contributed by atoms with Crippen LogP contribution >= 0.6 is 8.03 Å². The molecule has 72 valence electrons. The summed E-state index contributed by atoms with van der Waals surface area (Å²) in [5.41, 5.74) is 1.28. The lowest BCUT2D eigenvalue weighted by Gasteiger charge is -2.14. The third-order valence-electron chi connectivity index (χ3n) is 1.85. The van der Waals surface area contributed by atoms with Crippen LogP contribution in [0.25, 0.3) is 0 Å². The van der Waals surface area contributed by atoms with E-state index in [0.29, 0.717) is 18.0 Å². The minimum Gasteiger partial charge on any atom is -0.346 e. The van der Waals surface area contributed by atoms with Crippen LogP contribution in [0, 0.1) is 11.8 Å². The zero-order valence-corrected chi connectivity index (χ0v) is 9.29. The SMILES string of the molecule is CC(C)C(=CC[PH](=O)O)C(C)C. The summed E-state index contributed by atoms with van der Waals surface area (Å²) in [6.07, 6.45) is 2.24. The van der Waals surface area contributed by atoms with E-state index in [-0.39, 0.29) is 0 Å². The molecule has 2 nitrogen and oxygen atoms in total. The van der Waals surface area contributed by atoms with Gasteiger partial charge in [0.15, 0.2) is 8.03 Å². The molecule has 0 aliphatic carbocycles. The van der Waals surface area contributed by atoms with Gasteiger partial charge < -0.3 is 4.89 Å². The van der Waals surface area contributed by atoms with Crippen molar-refractivity contribution in [1.82, 2.24) is 0 Å². The van der Waals surface area contributed by atoms with Crippen molar-refractivity contribution in [2.24, 2.45) is 11.8 Å². The second-order valence-corrected chi connectivity index (χ2v) is 4.81. The van der Waals surface area contributed by atoms with Crippen molar-refractivity contribution >= 4 is 8.03 Å². The molecule has 0 amide bonds. The van der Waals surface area contributed by atoms with Crippen LogP contribution in [0.2, 0.25) is 0 Å². The molecule has 0 aromatic heterocycles. The van der Waals surface area contributed by atoms with Gasteiger partial charge in [0.2, 0.25) is 0 Å². The summed E-state index contributed by atoms with van der Waals surface area (Å²) in [4.78, 5) is 8.67. The molecule has 0 saturated heterocycles. The quantitative estimate of drug-likeness (QED) is 0.546. The van der Waals surface area contributed by atoms with E-state index in [1.807, 2.05) is 6.08 Å². The van der Waals surface area contributed by atoms with E-state index in [1.165, 1.54) is 5.57 Å². The molecule has 1 unspecified atom stereocenters. The standard InChI is InChI=1S/C9H19O2P/c1-7(2)9(8(3)4)5-6-12(10)11/h5,7-8,12H,6H2,1-4H3,(H,10,11). The van der Waals surface area contributed by atoms with E-state index < -0.39 is 8.03 Å². The van der Waals surface area contributed by atoms with Crippen LogP contribution in [0.15, 0.2) is 11.6 Å².